The summed E-state index contributed by atoms with van der Waals surface area (Å²) in [6.07, 6.45) is 8.40. The number of amides is 1. The van der Waals surface area contributed by atoms with E-state index < -0.39 is 0 Å². The van der Waals surface area contributed by atoms with Crippen LogP contribution in [0.5, 0.6) is 0 Å². The van der Waals surface area contributed by atoms with Crippen LogP contribution in [-0.4, -0.2) is 47.2 Å². The summed E-state index contributed by atoms with van der Waals surface area (Å²) in [5.41, 5.74) is 8.92. The third-order valence-corrected chi connectivity index (χ3v) is 6.78. The molecule has 0 bridgehead atoms. The van der Waals surface area contributed by atoms with Gasteiger partial charge >= 0.3 is 0 Å². The Balaban J connectivity index is 1.62. The average molecular weight is 479 g/mol. The molecule has 0 spiro atoms. The number of aromatic nitrogens is 2. The summed E-state index contributed by atoms with van der Waals surface area (Å²) >= 11 is 0. The van der Waals surface area contributed by atoms with Crippen molar-refractivity contribution in [2.75, 3.05) is 24.3 Å². The van der Waals surface area contributed by atoms with Gasteiger partial charge in [0.1, 0.15) is 11.6 Å². The first-order chi connectivity index (χ1) is 16.8. The summed E-state index contributed by atoms with van der Waals surface area (Å²) in [6, 6.07) is 8.42. The van der Waals surface area contributed by atoms with E-state index in [9.17, 15) is 4.79 Å². The fraction of sp³-hybridized carbons (Fsp3) is 0.519. The van der Waals surface area contributed by atoms with E-state index in [0.717, 1.165) is 42.6 Å². The summed E-state index contributed by atoms with van der Waals surface area (Å²) in [6.45, 7) is 6.58. The van der Waals surface area contributed by atoms with Crippen LogP contribution in [0.1, 0.15) is 79.7 Å². The Morgan fingerprint density at radius 3 is 2.46 bits per heavy atom. The Hall–Kier alpha value is -3.13. The van der Waals surface area contributed by atoms with Gasteiger partial charge < -0.3 is 26.4 Å². The molecule has 0 saturated heterocycles. The van der Waals surface area contributed by atoms with E-state index in [1.54, 1.807) is 7.11 Å². The quantitative estimate of drug-likeness (QED) is 0.404. The van der Waals surface area contributed by atoms with Crippen molar-refractivity contribution >= 4 is 23.1 Å². The molecule has 8 heteroatoms. The Bertz CT molecular complexity index is 1090. The highest BCUT2D eigenvalue weighted by molar-refractivity contribution is 5.96. The SMILES string of the molecule is COC(C)(C)CNc1cc(NC2CCCC2)nc(C(=CN)c2ccc(C(=O)NC3CC3)c(C)c2)n1. The van der Waals surface area contributed by atoms with Crippen LogP contribution in [0.3, 0.4) is 0 Å². The first kappa shape index (κ1) is 25.0. The number of benzene rings is 1. The lowest BCUT2D eigenvalue weighted by Gasteiger charge is -2.24. The number of carbonyl (C=O) groups excluding carboxylic acids is 1. The van der Waals surface area contributed by atoms with Gasteiger partial charge in [0.15, 0.2) is 5.82 Å². The van der Waals surface area contributed by atoms with Crippen molar-refractivity contribution in [1.82, 2.24) is 15.3 Å². The van der Waals surface area contributed by atoms with E-state index >= 15 is 0 Å². The minimum atomic E-state index is -0.343. The van der Waals surface area contributed by atoms with E-state index in [2.05, 4.69) is 16.0 Å². The lowest BCUT2D eigenvalue weighted by molar-refractivity contribution is 0.0343. The number of hydrogen-bond donors (Lipinski definition) is 4. The van der Waals surface area contributed by atoms with Crippen LogP contribution in [-0.2, 0) is 4.74 Å². The predicted molar refractivity (Wildman–Crippen MR) is 140 cm³/mol. The van der Waals surface area contributed by atoms with Crippen molar-refractivity contribution in [1.29, 1.82) is 0 Å². The molecule has 0 atom stereocenters. The van der Waals surface area contributed by atoms with E-state index in [-0.39, 0.29) is 11.5 Å². The van der Waals surface area contributed by atoms with E-state index in [0.29, 0.717) is 41.4 Å². The van der Waals surface area contributed by atoms with Crippen LogP contribution in [0, 0.1) is 6.92 Å². The Morgan fingerprint density at radius 1 is 1.11 bits per heavy atom. The Labute approximate surface area is 208 Å². The number of methoxy groups -OCH3 is 1. The van der Waals surface area contributed by atoms with Crippen molar-refractivity contribution < 1.29 is 9.53 Å². The Morgan fingerprint density at radius 2 is 1.83 bits per heavy atom. The second kappa shape index (κ2) is 10.6. The number of nitrogens with one attached hydrogen (secondary N) is 3. The number of hydrogen-bond acceptors (Lipinski definition) is 7. The summed E-state index contributed by atoms with van der Waals surface area (Å²) < 4.78 is 5.55. The van der Waals surface area contributed by atoms with Crippen LogP contribution >= 0.6 is 0 Å². The topological polar surface area (TPSA) is 114 Å². The molecule has 1 amide bonds. The molecule has 1 heterocycles. The number of aryl methyl sites for hydroxylation is 1. The second-order valence-electron chi connectivity index (χ2n) is 10.3. The molecule has 0 radical (unpaired) electrons. The standard InChI is InChI=1S/C27H38N6O2/c1-17-13-18(9-12-21(17)26(34)31-20-10-11-20)22(15-28)25-32-23(29-16-27(2,3)35-4)14-24(33-25)30-19-7-5-6-8-19/h9,12-15,19-20H,5-8,10-11,16,28H2,1-4H3,(H,31,34)(H2,29,30,32,33). The third kappa shape index (κ3) is 6.51. The molecule has 2 aliphatic rings. The minimum absolute atomic E-state index is 0.0268. The molecule has 2 aromatic rings. The zero-order chi connectivity index (χ0) is 25.0. The maximum Gasteiger partial charge on any atom is 0.251 e. The van der Waals surface area contributed by atoms with Gasteiger partial charge in [0, 0.05) is 49.1 Å². The molecule has 0 unspecified atom stereocenters. The molecule has 5 N–H and O–H groups in total. The zero-order valence-electron chi connectivity index (χ0n) is 21.3. The molecule has 0 aliphatic heterocycles. The second-order valence-corrected chi connectivity index (χ2v) is 10.3. The van der Waals surface area contributed by atoms with Crippen LogP contribution in [0.2, 0.25) is 0 Å². The number of nitrogens with two attached hydrogens (primary N) is 1. The van der Waals surface area contributed by atoms with Crippen LogP contribution in [0.15, 0.2) is 30.5 Å². The van der Waals surface area contributed by atoms with Crippen molar-refractivity contribution in [2.24, 2.45) is 5.73 Å². The largest absolute Gasteiger partial charge is 0.404 e. The van der Waals surface area contributed by atoms with Crippen molar-refractivity contribution in [2.45, 2.75) is 77.0 Å². The summed E-state index contributed by atoms with van der Waals surface area (Å²) in [5.74, 6) is 1.98. The maximum atomic E-state index is 12.6. The number of anilines is 2. The number of rotatable bonds is 10. The van der Waals surface area contributed by atoms with E-state index in [1.165, 1.54) is 19.0 Å². The highest BCUT2D eigenvalue weighted by atomic mass is 16.5. The molecular formula is C27H38N6O2. The van der Waals surface area contributed by atoms with Gasteiger partial charge in [0.2, 0.25) is 0 Å². The summed E-state index contributed by atoms with van der Waals surface area (Å²) in [5, 5.41) is 10.0. The minimum Gasteiger partial charge on any atom is -0.404 e. The van der Waals surface area contributed by atoms with Gasteiger partial charge in [-0.15, -0.1) is 0 Å². The lowest BCUT2D eigenvalue weighted by atomic mass is 9.99. The fourth-order valence-corrected chi connectivity index (χ4v) is 4.26. The van der Waals surface area contributed by atoms with Crippen molar-refractivity contribution in [3.8, 4) is 0 Å². The smallest absolute Gasteiger partial charge is 0.251 e. The molecule has 8 nitrogen and oxygen atoms in total. The number of ether oxygens (including phenoxy) is 1. The molecule has 2 saturated carbocycles. The molecular weight excluding hydrogens is 440 g/mol. The lowest BCUT2D eigenvalue weighted by Crippen LogP contribution is -2.32. The molecule has 188 valence electrons. The summed E-state index contributed by atoms with van der Waals surface area (Å²) in [7, 11) is 1.70. The first-order valence-corrected chi connectivity index (χ1v) is 12.6. The van der Waals surface area contributed by atoms with Gasteiger partial charge in [-0.25, -0.2) is 9.97 Å². The fourth-order valence-electron chi connectivity index (χ4n) is 4.26. The van der Waals surface area contributed by atoms with Crippen molar-refractivity contribution in [3.05, 3.63) is 53.0 Å². The number of carbonyl (C=O) groups is 1. The van der Waals surface area contributed by atoms with Crippen LogP contribution in [0.4, 0.5) is 11.6 Å². The molecule has 1 aromatic heterocycles. The number of nitrogens with zero attached hydrogens (tertiary/aromatic N) is 2. The van der Waals surface area contributed by atoms with Crippen LogP contribution < -0.4 is 21.7 Å². The van der Waals surface area contributed by atoms with Crippen molar-refractivity contribution in [3.63, 3.8) is 0 Å². The van der Waals surface area contributed by atoms with Crippen LogP contribution in [0.25, 0.3) is 5.57 Å². The zero-order valence-corrected chi connectivity index (χ0v) is 21.3. The molecule has 1 aromatic carbocycles. The van der Waals surface area contributed by atoms with Gasteiger partial charge in [0.25, 0.3) is 5.91 Å². The molecule has 4 rings (SSSR count). The van der Waals surface area contributed by atoms with E-state index in [1.807, 2.05) is 45.0 Å². The third-order valence-electron chi connectivity index (χ3n) is 6.78. The molecule has 2 fully saturated rings. The first-order valence-electron chi connectivity index (χ1n) is 12.6. The highest BCUT2D eigenvalue weighted by Gasteiger charge is 2.25. The van der Waals surface area contributed by atoms with Gasteiger partial charge in [-0.05, 0) is 63.6 Å². The molecule has 35 heavy (non-hydrogen) atoms. The van der Waals surface area contributed by atoms with E-state index in [4.69, 9.17) is 20.4 Å². The average Bonchev–Trinajstić information content (AvgIpc) is 3.50. The van der Waals surface area contributed by atoms with Gasteiger partial charge in [-0.1, -0.05) is 25.0 Å². The maximum absolute atomic E-state index is 12.6. The predicted octanol–water partition coefficient (Wildman–Crippen LogP) is 4.22. The monoisotopic (exact) mass is 478 g/mol. The normalized spacial score (nSPS) is 16.9. The summed E-state index contributed by atoms with van der Waals surface area (Å²) in [4.78, 5) is 22.2. The van der Waals surface area contributed by atoms with Gasteiger partial charge in [-0.2, -0.15) is 0 Å². The van der Waals surface area contributed by atoms with Gasteiger partial charge in [0.05, 0.1) is 5.60 Å². The highest BCUT2D eigenvalue weighted by Crippen LogP contribution is 2.28. The van der Waals surface area contributed by atoms with Gasteiger partial charge in [-0.3, -0.25) is 4.79 Å². The Kier molecular flexibility index (Phi) is 7.60. The molecule has 2 aliphatic carbocycles.